The summed E-state index contributed by atoms with van der Waals surface area (Å²) in [7, 11) is 1.28. The number of benzene rings is 1. The molecule has 1 fully saturated rings. The van der Waals surface area contributed by atoms with Crippen molar-refractivity contribution in [2.75, 3.05) is 7.11 Å². The third-order valence-electron chi connectivity index (χ3n) is 3.50. The number of ether oxygens (including phenoxy) is 1. The normalized spacial score (nSPS) is 18.5. The minimum absolute atomic E-state index is 0.152. The number of carbonyl (C=O) groups excluding carboxylic acids is 3. The molecule has 2 rings (SSSR count). The van der Waals surface area contributed by atoms with Crippen LogP contribution in [0.25, 0.3) is 0 Å². The van der Waals surface area contributed by atoms with Crippen molar-refractivity contribution in [2.45, 2.75) is 31.3 Å². The molecule has 0 aliphatic carbocycles. The van der Waals surface area contributed by atoms with Gasteiger partial charge in [-0.2, -0.15) is 0 Å². The molecule has 1 aliphatic rings. The number of halogens is 1. The second-order valence-corrected chi connectivity index (χ2v) is 5.89. The van der Waals surface area contributed by atoms with Crippen LogP contribution < -0.4 is 10.6 Å². The van der Waals surface area contributed by atoms with Gasteiger partial charge in [-0.05, 0) is 18.1 Å². The Labute approximate surface area is 136 Å². The Morgan fingerprint density at radius 3 is 2.77 bits per heavy atom. The second kappa shape index (κ2) is 7.40. The third kappa shape index (κ3) is 4.07. The SMILES string of the molecule is COC(=O)[C@H](Cc1ccccc1Br)NC(=O)[C@H]1CCC(=O)N1. The van der Waals surface area contributed by atoms with Gasteiger partial charge in [-0.25, -0.2) is 4.79 Å². The monoisotopic (exact) mass is 368 g/mol. The minimum Gasteiger partial charge on any atom is -0.467 e. The van der Waals surface area contributed by atoms with Crippen LogP contribution in [0.4, 0.5) is 0 Å². The highest BCUT2D eigenvalue weighted by Crippen LogP contribution is 2.18. The predicted molar refractivity (Wildman–Crippen MR) is 83.0 cm³/mol. The maximum absolute atomic E-state index is 12.2. The van der Waals surface area contributed by atoms with Crippen LogP contribution in [0.2, 0.25) is 0 Å². The third-order valence-corrected chi connectivity index (χ3v) is 4.27. The summed E-state index contributed by atoms with van der Waals surface area (Å²) in [5, 5.41) is 5.24. The molecule has 22 heavy (non-hydrogen) atoms. The van der Waals surface area contributed by atoms with Crippen LogP contribution in [0.15, 0.2) is 28.7 Å². The Morgan fingerprint density at radius 1 is 1.45 bits per heavy atom. The summed E-state index contributed by atoms with van der Waals surface area (Å²) in [5.41, 5.74) is 0.883. The second-order valence-electron chi connectivity index (χ2n) is 5.04. The van der Waals surface area contributed by atoms with E-state index in [1.807, 2.05) is 24.3 Å². The smallest absolute Gasteiger partial charge is 0.328 e. The zero-order valence-electron chi connectivity index (χ0n) is 12.1. The lowest BCUT2D eigenvalue weighted by Crippen LogP contribution is -2.50. The number of hydrogen-bond acceptors (Lipinski definition) is 4. The molecule has 1 aromatic carbocycles. The van der Waals surface area contributed by atoms with Gasteiger partial charge in [-0.1, -0.05) is 34.1 Å². The van der Waals surface area contributed by atoms with Crippen molar-refractivity contribution in [1.29, 1.82) is 0 Å². The predicted octanol–water partition coefficient (Wildman–Crippen LogP) is 0.928. The summed E-state index contributed by atoms with van der Waals surface area (Å²) >= 11 is 3.41. The molecule has 6 nitrogen and oxygen atoms in total. The number of nitrogens with one attached hydrogen (secondary N) is 2. The summed E-state index contributed by atoms with van der Waals surface area (Å²) in [5.74, 6) is -1.04. The summed E-state index contributed by atoms with van der Waals surface area (Å²) in [4.78, 5) is 35.2. The lowest BCUT2D eigenvalue weighted by atomic mass is 10.1. The Bertz CT molecular complexity index is 591. The molecule has 2 amide bonds. The van der Waals surface area contributed by atoms with Gasteiger partial charge in [0.2, 0.25) is 11.8 Å². The number of hydrogen-bond donors (Lipinski definition) is 2. The number of rotatable bonds is 5. The molecular formula is C15H17BrN2O4. The highest BCUT2D eigenvalue weighted by Gasteiger charge is 2.31. The van der Waals surface area contributed by atoms with Crippen molar-refractivity contribution in [3.63, 3.8) is 0 Å². The molecule has 0 radical (unpaired) electrons. The average Bonchev–Trinajstić information content (AvgIpc) is 2.94. The van der Waals surface area contributed by atoms with E-state index in [-0.39, 0.29) is 11.8 Å². The zero-order valence-corrected chi connectivity index (χ0v) is 13.7. The van der Waals surface area contributed by atoms with E-state index in [4.69, 9.17) is 4.74 Å². The largest absolute Gasteiger partial charge is 0.467 e. The summed E-state index contributed by atoms with van der Waals surface area (Å²) in [6.07, 6.45) is 1.07. The molecule has 1 heterocycles. The summed E-state index contributed by atoms with van der Waals surface area (Å²) in [6.45, 7) is 0. The van der Waals surface area contributed by atoms with E-state index >= 15 is 0 Å². The fraction of sp³-hybridized carbons (Fsp3) is 0.400. The van der Waals surface area contributed by atoms with Crippen LogP contribution in [-0.4, -0.2) is 37.0 Å². The standard InChI is InChI=1S/C15H17BrN2O4/c1-22-15(21)12(8-9-4-2-3-5-10(9)16)18-14(20)11-6-7-13(19)17-11/h2-5,11-12H,6-8H2,1H3,(H,17,19)(H,18,20)/t11-,12+/m1/s1. The molecule has 1 saturated heterocycles. The number of carbonyl (C=O) groups is 3. The van der Waals surface area contributed by atoms with Crippen molar-refractivity contribution in [2.24, 2.45) is 0 Å². The van der Waals surface area contributed by atoms with Gasteiger partial charge in [0, 0.05) is 17.3 Å². The van der Waals surface area contributed by atoms with Crippen LogP contribution in [0.1, 0.15) is 18.4 Å². The average molecular weight is 369 g/mol. The zero-order chi connectivity index (χ0) is 16.1. The Kier molecular flexibility index (Phi) is 5.54. The van der Waals surface area contributed by atoms with Crippen LogP contribution in [-0.2, 0) is 25.5 Å². The van der Waals surface area contributed by atoms with E-state index in [0.717, 1.165) is 10.0 Å². The van der Waals surface area contributed by atoms with E-state index in [0.29, 0.717) is 19.3 Å². The van der Waals surface area contributed by atoms with Gasteiger partial charge in [-0.3, -0.25) is 9.59 Å². The van der Waals surface area contributed by atoms with Crippen molar-refractivity contribution in [3.8, 4) is 0 Å². The molecule has 2 atom stereocenters. The molecule has 0 saturated carbocycles. The van der Waals surface area contributed by atoms with Crippen LogP contribution in [0.3, 0.4) is 0 Å². The van der Waals surface area contributed by atoms with E-state index in [9.17, 15) is 14.4 Å². The van der Waals surface area contributed by atoms with Crippen LogP contribution in [0.5, 0.6) is 0 Å². The van der Waals surface area contributed by atoms with Crippen molar-refractivity contribution in [1.82, 2.24) is 10.6 Å². The van der Waals surface area contributed by atoms with E-state index in [1.165, 1.54) is 7.11 Å². The molecule has 1 aromatic rings. The highest BCUT2D eigenvalue weighted by molar-refractivity contribution is 9.10. The first kappa shape index (κ1) is 16.5. The van der Waals surface area contributed by atoms with Crippen LogP contribution >= 0.6 is 15.9 Å². The Morgan fingerprint density at radius 2 is 2.18 bits per heavy atom. The van der Waals surface area contributed by atoms with Crippen molar-refractivity contribution < 1.29 is 19.1 Å². The molecule has 118 valence electrons. The lowest BCUT2D eigenvalue weighted by Gasteiger charge is -2.19. The topological polar surface area (TPSA) is 84.5 Å². The minimum atomic E-state index is -0.797. The number of methoxy groups -OCH3 is 1. The molecule has 0 unspecified atom stereocenters. The van der Waals surface area contributed by atoms with E-state index in [2.05, 4.69) is 26.6 Å². The van der Waals surface area contributed by atoms with E-state index in [1.54, 1.807) is 0 Å². The molecule has 2 N–H and O–H groups in total. The maximum atomic E-state index is 12.2. The summed E-state index contributed by atoms with van der Waals surface area (Å²) < 4.78 is 5.61. The van der Waals surface area contributed by atoms with Crippen LogP contribution in [0, 0.1) is 0 Å². The molecule has 0 bridgehead atoms. The van der Waals surface area contributed by atoms with Crippen molar-refractivity contribution >= 4 is 33.7 Å². The quantitative estimate of drug-likeness (QED) is 0.757. The van der Waals surface area contributed by atoms with Gasteiger partial charge < -0.3 is 15.4 Å². The van der Waals surface area contributed by atoms with Gasteiger partial charge >= 0.3 is 5.97 Å². The molecule has 0 aromatic heterocycles. The fourth-order valence-corrected chi connectivity index (χ4v) is 2.75. The molecule has 0 spiro atoms. The first-order valence-electron chi connectivity index (χ1n) is 6.92. The highest BCUT2D eigenvalue weighted by atomic mass is 79.9. The maximum Gasteiger partial charge on any atom is 0.328 e. The fourth-order valence-electron chi connectivity index (χ4n) is 2.30. The first-order valence-corrected chi connectivity index (χ1v) is 7.71. The van der Waals surface area contributed by atoms with Gasteiger partial charge in [0.15, 0.2) is 0 Å². The van der Waals surface area contributed by atoms with Gasteiger partial charge in [0.05, 0.1) is 7.11 Å². The molecule has 1 aliphatic heterocycles. The number of amides is 2. The Balaban J connectivity index is 2.06. The Hall–Kier alpha value is -1.89. The van der Waals surface area contributed by atoms with Gasteiger partial charge in [0.25, 0.3) is 0 Å². The van der Waals surface area contributed by atoms with E-state index < -0.39 is 18.1 Å². The molecule has 7 heteroatoms. The lowest BCUT2D eigenvalue weighted by molar-refractivity contribution is -0.145. The molecular weight excluding hydrogens is 352 g/mol. The van der Waals surface area contributed by atoms with Gasteiger partial charge in [0.1, 0.15) is 12.1 Å². The van der Waals surface area contributed by atoms with Crippen molar-refractivity contribution in [3.05, 3.63) is 34.3 Å². The first-order chi connectivity index (χ1) is 10.5. The van der Waals surface area contributed by atoms with Gasteiger partial charge in [-0.15, -0.1) is 0 Å². The number of esters is 1. The summed E-state index contributed by atoms with van der Waals surface area (Å²) in [6, 6.07) is 6.07.